The van der Waals surface area contributed by atoms with Crippen molar-refractivity contribution < 1.29 is 9.21 Å². The zero-order chi connectivity index (χ0) is 18.5. The first-order chi connectivity index (χ1) is 12.5. The molecule has 0 aliphatic carbocycles. The van der Waals surface area contributed by atoms with Crippen molar-refractivity contribution in [3.8, 4) is 11.5 Å². The van der Waals surface area contributed by atoms with Crippen LogP contribution >= 0.6 is 11.8 Å². The molecule has 0 saturated heterocycles. The Morgan fingerprint density at radius 3 is 2.54 bits per heavy atom. The molecular formula is C19H20N4O2S. The molecule has 0 fully saturated rings. The maximum absolute atomic E-state index is 12.4. The number of pyridine rings is 1. The third-order valence-electron chi connectivity index (χ3n) is 3.81. The maximum atomic E-state index is 12.4. The molecule has 0 spiro atoms. The summed E-state index contributed by atoms with van der Waals surface area (Å²) < 4.78 is 5.60. The molecule has 0 radical (unpaired) electrons. The lowest BCUT2D eigenvalue weighted by Crippen LogP contribution is -2.22. The lowest BCUT2D eigenvalue weighted by atomic mass is 10.0. The Morgan fingerprint density at radius 1 is 1.12 bits per heavy atom. The number of nitrogens with zero attached hydrogens (tertiary/aromatic N) is 3. The van der Waals surface area contributed by atoms with Crippen molar-refractivity contribution in [3.63, 3.8) is 0 Å². The first-order valence-corrected chi connectivity index (χ1v) is 9.22. The van der Waals surface area contributed by atoms with Crippen LogP contribution in [0, 0.1) is 0 Å². The van der Waals surface area contributed by atoms with Gasteiger partial charge in [0.2, 0.25) is 11.8 Å². The number of thioether (sulfide) groups is 1. The van der Waals surface area contributed by atoms with Crippen molar-refractivity contribution in [2.24, 2.45) is 0 Å². The molecular weight excluding hydrogens is 348 g/mol. The molecule has 0 unspecified atom stereocenters. The van der Waals surface area contributed by atoms with E-state index in [0.717, 1.165) is 11.3 Å². The van der Waals surface area contributed by atoms with Gasteiger partial charge < -0.3 is 9.73 Å². The average Bonchev–Trinajstić information content (AvgIpc) is 3.11. The first kappa shape index (κ1) is 18.1. The highest BCUT2D eigenvalue weighted by Gasteiger charge is 2.19. The van der Waals surface area contributed by atoms with Gasteiger partial charge in [-0.15, -0.1) is 10.2 Å². The summed E-state index contributed by atoms with van der Waals surface area (Å²) in [7, 11) is 0. The Balaban J connectivity index is 1.60. The Labute approximate surface area is 156 Å². The topological polar surface area (TPSA) is 80.9 Å². The van der Waals surface area contributed by atoms with Crippen LogP contribution in [0.3, 0.4) is 0 Å². The van der Waals surface area contributed by atoms with Crippen molar-refractivity contribution in [1.29, 1.82) is 0 Å². The van der Waals surface area contributed by atoms with Crippen LogP contribution in [0.1, 0.15) is 32.3 Å². The van der Waals surface area contributed by atoms with Crippen LogP contribution in [-0.2, 0) is 4.79 Å². The fourth-order valence-electron chi connectivity index (χ4n) is 2.26. The van der Waals surface area contributed by atoms with Crippen LogP contribution in [-0.4, -0.2) is 26.3 Å². The molecule has 2 heterocycles. The number of rotatable bonds is 6. The summed E-state index contributed by atoms with van der Waals surface area (Å²) in [4.78, 5) is 16.4. The molecule has 2 aromatic heterocycles. The Hall–Kier alpha value is -2.67. The number of nitrogens with one attached hydrogen (secondary N) is 1. The molecule has 1 atom stereocenters. The number of anilines is 1. The highest BCUT2D eigenvalue weighted by atomic mass is 32.2. The lowest BCUT2D eigenvalue weighted by Gasteiger charge is -2.11. The van der Waals surface area contributed by atoms with Gasteiger partial charge in [0.1, 0.15) is 0 Å². The number of hydrogen-bond acceptors (Lipinski definition) is 6. The minimum Gasteiger partial charge on any atom is -0.411 e. The van der Waals surface area contributed by atoms with E-state index < -0.39 is 0 Å². The molecule has 0 saturated carbocycles. The summed E-state index contributed by atoms with van der Waals surface area (Å²) in [5.41, 5.74) is 2.75. The average molecular weight is 368 g/mol. The number of benzene rings is 1. The largest absolute Gasteiger partial charge is 0.411 e. The number of carbonyl (C=O) groups excluding carboxylic acids is 1. The SMILES string of the molecule is CC(C)c1ccc(NC(=O)[C@@H](C)Sc2nnc(-c3cccnc3)o2)cc1. The minimum absolute atomic E-state index is 0.117. The highest BCUT2D eigenvalue weighted by Crippen LogP contribution is 2.26. The van der Waals surface area contributed by atoms with E-state index in [4.69, 9.17) is 4.42 Å². The van der Waals surface area contributed by atoms with Gasteiger partial charge in [-0.1, -0.05) is 37.7 Å². The predicted molar refractivity (Wildman–Crippen MR) is 102 cm³/mol. The fraction of sp³-hybridized carbons (Fsp3) is 0.263. The molecule has 3 rings (SSSR count). The van der Waals surface area contributed by atoms with Crippen LogP contribution in [0.5, 0.6) is 0 Å². The van der Waals surface area contributed by atoms with Gasteiger partial charge in [0.05, 0.1) is 10.8 Å². The summed E-state index contributed by atoms with van der Waals surface area (Å²) in [5, 5.41) is 10.9. The predicted octanol–water partition coefficient (Wildman–Crippen LogP) is 4.37. The second-order valence-corrected chi connectivity index (χ2v) is 7.43. The van der Waals surface area contributed by atoms with Crippen LogP contribution in [0.4, 0.5) is 5.69 Å². The summed E-state index contributed by atoms with van der Waals surface area (Å²) in [6, 6.07) is 11.5. The summed E-state index contributed by atoms with van der Waals surface area (Å²) in [6.07, 6.45) is 3.33. The van der Waals surface area contributed by atoms with E-state index in [0.29, 0.717) is 17.0 Å². The van der Waals surface area contributed by atoms with E-state index in [9.17, 15) is 4.79 Å². The molecule has 0 aliphatic heterocycles. The van der Waals surface area contributed by atoms with Crippen molar-refractivity contribution in [2.75, 3.05) is 5.32 Å². The van der Waals surface area contributed by atoms with Gasteiger partial charge in [0.15, 0.2) is 0 Å². The van der Waals surface area contributed by atoms with E-state index in [1.165, 1.54) is 17.3 Å². The molecule has 0 aliphatic rings. The van der Waals surface area contributed by atoms with Gasteiger partial charge in [-0.05, 0) is 42.7 Å². The monoisotopic (exact) mass is 368 g/mol. The third-order valence-corrected chi connectivity index (χ3v) is 4.74. The van der Waals surface area contributed by atoms with Crippen LogP contribution in [0.2, 0.25) is 0 Å². The molecule has 3 aromatic rings. The Bertz CT molecular complexity index is 863. The molecule has 6 nitrogen and oxygen atoms in total. The number of hydrogen-bond donors (Lipinski definition) is 1. The van der Waals surface area contributed by atoms with Gasteiger partial charge in [-0.2, -0.15) is 0 Å². The second kappa shape index (κ2) is 8.14. The standard InChI is InChI=1S/C19H20N4O2S/c1-12(2)14-6-8-16(9-7-14)21-17(24)13(3)26-19-23-22-18(25-19)15-5-4-10-20-11-15/h4-13H,1-3H3,(H,21,24)/t13-/m1/s1. The number of carbonyl (C=O) groups is 1. The van der Waals surface area contributed by atoms with Gasteiger partial charge in [0.25, 0.3) is 5.22 Å². The molecule has 1 amide bonds. The van der Waals surface area contributed by atoms with Crippen molar-refractivity contribution in [2.45, 2.75) is 37.2 Å². The quantitative estimate of drug-likeness (QED) is 0.651. The van der Waals surface area contributed by atoms with Gasteiger partial charge in [-0.3, -0.25) is 9.78 Å². The smallest absolute Gasteiger partial charge is 0.277 e. The summed E-state index contributed by atoms with van der Waals surface area (Å²) in [5.74, 6) is 0.728. The van der Waals surface area contributed by atoms with Crippen LogP contribution in [0.25, 0.3) is 11.5 Å². The number of aromatic nitrogens is 3. The molecule has 1 N–H and O–H groups in total. The Morgan fingerprint density at radius 2 is 1.88 bits per heavy atom. The zero-order valence-electron chi connectivity index (χ0n) is 14.8. The van der Waals surface area contributed by atoms with Crippen molar-refractivity contribution in [1.82, 2.24) is 15.2 Å². The maximum Gasteiger partial charge on any atom is 0.277 e. The lowest BCUT2D eigenvalue weighted by molar-refractivity contribution is -0.115. The molecule has 7 heteroatoms. The molecule has 26 heavy (non-hydrogen) atoms. The van der Waals surface area contributed by atoms with E-state index in [1.807, 2.05) is 30.3 Å². The second-order valence-electron chi connectivity index (χ2n) is 6.14. The Kier molecular flexibility index (Phi) is 5.68. The van der Waals surface area contributed by atoms with E-state index in [1.54, 1.807) is 25.4 Å². The third kappa shape index (κ3) is 4.49. The van der Waals surface area contributed by atoms with Crippen LogP contribution in [0.15, 0.2) is 58.4 Å². The normalized spacial score (nSPS) is 12.2. The zero-order valence-corrected chi connectivity index (χ0v) is 15.7. The molecule has 134 valence electrons. The summed E-state index contributed by atoms with van der Waals surface area (Å²) >= 11 is 1.22. The van der Waals surface area contributed by atoms with Crippen molar-refractivity contribution >= 4 is 23.4 Å². The van der Waals surface area contributed by atoms with Crippen LogP contribution < -0.4 is 5.32 Å². The van der Waals surface area contributed by atoms with Gasteiger partial charge >= 0.3 is 0 Å². The number of amides is 1. The first-order valence-electron chi connectivity index (χ1n) is 8.34. The summed E-state index contributed by atoms with van der Waals surface area (Å²) in [6.45, 7) is 6.07. The van der Waals surface area contributed by atoms with E-state index in [-0.39, 0.29) is 11.2 Å². The molecule has 1 aromatic carbocycles. The van der Waals surface area contributed by atoms with Gasteiger partial charge in [0, 0.05) is 18.1 Å². The van der Waals surface area contributed by atoms with E-state index >= 15 is 0 Å². The molecule has 0 bridgehead atoms. The highest BCUT2D eigenvalue weighted by molar-refractivity contribution is 8.00. The van der Waals surface area contributed by atoms with Gasteiger partial charge in [-0.25, -0.2) is 0 Å². The minimum atomic E-state index is -0.373. The fourth-order valence-corrected chi connectivity index (χ4v) is 2.95. The van der Waals surface area contributed by atoms with E-state index in [2.05, 4.69) is 34.3 Å². The van der Waals surface area contributed by atoms with Crippen molar-refractivity contribution in [3.05, 3.63) is 54.4 Å².